The molecule has 21 heavy (non-hydrogen) atoms. The van der Waals surface area contributed by atoms with Gasteiger partial charge in [0.1, 0.15) is 11.4 Å². The Labute approximate surface area is 120 Å². The number of ether oxygens (including phenoxy) is 2. The van der Waals surface area contributed by atoms with Gasteiger partial charge in [-0.1, -0.05) is 0 Å². The van der Waals surface area contributed by atoms with Crippen molar-refractivity contribution in [3.05, 3.63) is 24.0 Å². The highest BCUT2D eigenvalue weighted by atomic mass is 19.1. The zero-order valence-corrected chi connectivity index (χ0v) is 11.6. The van der Waals surface area contributed by atoms with Gasteiger partial charge in [0.25, 0.3) is 0 Å². The molecule has 1 aliphatic heterocycles. The lowest BCUT2D eigenvalue weighted by atomic mass is 10.0. The molecule has 3 rings (SSSR count). The largest absolute Gasteiger partial charge is 0.398 e. The van der Waals surface area contributed by atoms with Crippen LogP contribution in [0.5, 0.6) is 0 Å². The third kappa shape index (κ3) is 2.59. The van der Waals surface area contributed by atoms with E-state index in [1.165, 1.54) is 12.1 Å². The minimum Gasteiger partial charge on any atom is -0.398 e. The molecule has 2 N–H and O–H groups in total. The molecule has 0 bridgehead atoms. The van der Waals surface area contributed by atoms with Gasteiger partial charge in [-0.05, 0) is 28.6 Å². The van der Waals surface area contributed by atoms with Crippen molar-refractivity contribution >= 4 is 5.69 Å². The second kappa shape index (κ2) is 5.38. The van der Waals surface area contributed by atoms with E-state index in [2.05, 4.69) is 15.5 Å². The Bertz CT molecular complexity index is 639. The molecule has 1 fully saturated rings. The van der Waals surface area contributed by atoms with Crippen molar-refractivity contribution in [2.75, 3.05) is 26.1 Å². The summed E-state index contributed by atoms with van der Waals surface area (Å²) in [6.07, 6.45) is 0.766. The Morgan fingerprint density at radius 3 is 3.05 bits per heavy atom. The third-order valence-corrected chi connectivity index (χ3v) is 3.72. The average molecular weight is 293 g/mol. The molecule has 0 saturated carbocycles. The first kappa shape index (κ1) is 13.9. The number of nitrogens with zero attached hydrogens (tertiary/aromatic N) is 4. The van der Waals surface area contributed by atoms with E-state index in [1.807, 2.05) is 0 Å². The number of methoxy groups -OCH3 is 1. The number of halogens is 1. The summed E-state index contributed by atoms with van der Waals surface area (Å²) < 4.78 is 25.8. The molecular formula is C13H16FN5O2. The van der Waals surface area contributed by atoms with Crippen molar-refractivity contribution in [1.82, 2.24) is 20.2 Å². The predicted molar refractivity (Wildman–Crippen MR) is 72.8 cm³/mol. The summed E-state index contributed by atoms with van der Waals surface area (Å²) in [4.78, 5) is 0. The van der Waals surface area contributed by atoms with Crippen molar-refractivity contribution in [1.29, 1.82) is 0 Å². The van der Waals surface area contributed by atoms with Crippen molar-refractivity contribution in [2.45, 2.75) is 18.6 Å². The van der Waals surface area contributed by atoms with Crippen molar-refractivity contribution in [2.24, 2.45) is 0 Å². The maximum Gasteiger partial charge on any atom is 0.184 e. The average Bonchev–Trinajstić information content (AvgIpc) is 3.10. The Hall–Kier alpha value is -2.06. The van der Waals surface area contributed by atoms with Gasteiger partial charge in [0.2, 0.25) is 0 Å². The highest BCUT2D eigenvalue weighted by Gasteiger charge is 2.36. The zero-order chi connectivity index (χ0) is 14.9. The molecule has 1 atom stereocenters. The number of tetrazole rings is 1. The SMILES string of the molecule is COC1(Cn2nnnc2-c2ccc(F)cc2N)CCOC1. The highest BCUT2D eigenvalue weighted by molar-refractivity contribution is 5.71. The Morgan fingerprint density at radius 1 is 1.52 bits per heavy atom. The zero-order valence-electron chi connectivity index (χ0n) is 11.6. The molecule has 0 aliphatic carbocycles. The van der Waals surface area contributed by atoms with E-state index in [0.29, 0.717) is 36.8 Å². The van der Waals surface area contributed by atoms with Gasteiger partial charge in [0, 0.05) is 31.4 Å². The lowest BCUT2D eigenvalue weighted by molar-refractivity contribution is -0.0317. The molecule has 0 radical (unpaired) electrons. The summed E-state index contributed by atoms with van der Waals surface area (Å²) in [7, 11) is 1.64. The van der Waals surface area contributed by atoms with Crippen LogP contribution in [0.15, 0.2) is 18.2 Å². The van der Waals surface area contributed by atoms with Crippen LogP contribution in [-0.2, 0) is 16.0 Å². The molecule has 2 heterocycles. The molecule has 8 heteroatoms. The molecule has 7 nitrogen and oxygen atoms in total. The van der Waals surface area contributed by atoms with Crippen LogP contribution >= 0.6 is 0 Å². The lowest BCUT2D eigenvalue weighted by Gasteiger charge is -2.25. The third-order valence-electron chi connectivity index (χ3n) is 3.72. The Morgan fingerprint density at radius 2 is 2.38 bits per heavy atom. The summed E-state index contributed by atoms with van der Waals surface area (Å²) in [5, 5.41) is 11.7. The van der Waals surface area contributed by atoms with Crippen LogP contribution in [0, 0.1) is 5.82 Å². The van der Waals surface area contributed by atoms with Gasteiger partial charge in [-0.25, -0.2) is 9.07 Å². The van der Waals surface area contributed by atoms with Crippen LogP contribution < -0.4 is 5.73 Å². The first-order chi connectivity index (χ1) is 10.1. The molecular weight excluding hydrogens is 277 g/mol. The van der Waals surface area contributed by atoms with Crippen LogP contribution in [0.25, 0.3) is 11.4 Å². The minimum absolute atomic E-state index is 0.292. The fourth-order valence-electron chi connectivity index (χ4n) is 2.45. The standard InChI is InChI=1S/C13H16FN5O2/c1-20-13(4-5-21-8-13)7-19-12(16-17-18-19)10-3-2-9(14)6-11(10)15/h2-3,6H,4-5,7-8,15H2,1H3. The summed E-state index contributed by atoms with van der Waals surface area (Å²) in [6, 6.07) is 4.14. The van der Waals surface area contributed by atoms with E-state index >= 15 is 0 Å². The van der Waals surface area contributed by atoms with Crippen LogP contribution in [-0.4, -0.2) is 46.1 Å². The molecule has 2 aromatic rings. The molecule has 1 unspecified atom stereocenters. The van der Waals surface area contributed by atoms with E-state index in [0.717, 1.165) is 6.42 Å². The second-order valence-electron chi connectivity index (χ2n) is 5.08. The van der Waals surface area contributed by atoms with E-state index in [-0.39, 0.29) is 0 Å². The molecule has 1 aromatic heterocycles. The number of anilines is 1. The lowest BCUT2D eigenvalue weighted by Crippen LogP contribution is -2.37. The maximum absolute atomic E-state index is 13.2. The smallest absolute Gasteiger partial charge is 0.184 e. The Balaban J connectivity index is 1.94. The van der Waals surface area contributed by atoms with Crippen molar-refractivity contribution in [3.8, 4) is 11.4 Å². The quantitative estimate of drug-likeness (QED) is 0.841. The van der Waals surface area contributed by atoms with Gasteiger partial charge < -0.3 is 15.2 Å². The van der Waals surface area contributed by atoms with E-state index in [4.69, 9.17) is 15.2 Å². The number of nitrogens with two attached hydrogens (primary N) is 1. The predicted octanol–water partition coefficient (Wildman–Crippen LogP) is 0.867. The van der Waals surface area contributed by atoms with Crippen LogP contribution in [0.1, 0.15) is 6.42 Å². The van der Waals surface area contributed by atoms with Gasteiger partial charge in [-0.2, -0.15) is 0 Å². The summed E-state index contributed by atoms with van der Waals surface area (Å²) in [5.74, 6) is 0.0867. The monoisotopic (exact) mass is 293 g/mol. The topological polar surface area (TPSA) is 88.1 Å². The molecule has 112 valence electrons. The fourth-order valence-corrected chi connectivity index (χ4v) is 2.45. The van der Waals surface area contributed by atoms with Gasteiger partial charge in [0.05, 0.1) is 13.2 Å². The Kier molecular flexibility index (Phi) is 3.56. The van der Waals surface area contributed by atoms with Gasteiger partial charge in [-0.15, -0.1) is 5.10 Å². The first-order valence-electron chi connectivity index (χ1n) is 6.58. The van der Waals surface area contributed by atoms with E-state index < -0.39 is 11.4 Å². The molecule has 1 aromatic carbocycles. The molecule has 1 saturated heterocycles. The number of hydrogen-bond acceptors (Lipinski definition) is 6. The summed E-state index contributed by atoms with van der Waals surface area (Å²) >= 11 is 0. The van der Waals surface area contributed by atoms with Crippen molar-refractivity contribution in [3.63, 3.8) is 0 Å². The highest BCUT2D eigenvalue weighted by Crippen LogP contribution is 2.28. The van der Waals surface area contributed by atoms with Crippen molar-refractivity contribution < 1.29 is 13.9 Å². The van der Waals surface area contributed by atoms with E-state index in [1.54, 1.807) is 17.9 Å². The van der Waals surface area contributed by atoms with Gasteiger partial charge in [-0.3, -0.25) is 0 Å². The molecule has 1 aliphatic rings. The number of rotatable bonds is 4. The minimum atomic E-state index is -0.446. The fraction of sp³-hybridized carbons (Fsp3) is 0.462. The second-order valence-corrected chi connectivity index (χ2v) is 5.08. The number of nitrogen functional groups attached to an aromatic ring is 1. The summed E-state index contributed by atoms with van der Waals surface area (Å²) in [5.41, 5.74) is 6.29. The molecule has 0 amide bonds. The summed E-state index contributed by atoms with van der Waals surface area (Å²) in [6.45, 7) is 1.58. The molecule has 0 spiro atoms. The van der Waals surface area contributed by atoms with Gasteiger partial charge in [0.15, 0.2) is 5.82 Å². The van der Waals surface area contributed by atoms with Crippen LogP contribution in [0.4, 0.5) is 10.1 Å². The van der Waals surface area contributed by atoms with Crippen LogP contribution in [0.3, 0.4) is 0 Å². The maximum atomic E-state index is 13.2. The van der Waals surface area contributed by atoms with E-state index in [9.17, 15) is 4.39 Å². The van der Waals surface area contributed by atoms with Crippen LogP contribution in [0.2, 0.25) is 0 Å². The first-order valence-corrected chi connectivity index (χ1v) is 6.58. The van der Waals surface area contributed by atoms with Gasteiger partial charge >= 0.3 is 0 Å². The number of hydrogen-bond donors (Lipinski definition) is 1. The normalized spacial score (nSPS) is 21.8. The number of aromatic nitrogens is 4. The number of benzene rings is 1.